The van der Waals surface area contributed by atoms with E-state index in [1.165, 1.54) is 28.9 Å². The number of rotatable bonds is 7. The third kappa shape index (κ3) is 5.86. The van der Waals surface area contributed by atoms with Crippen LogP contribution < -0.4 is 15.5 Å². The zero-order valence-corrected chi connectivity index (χ0v) is 21.0. The molecule has 186 valence electrons. The molecule has 0 aliphatic heterocycles. The summed E-state index contributed by atoms with van der Waals surface area (Å²) in [5, 5.41) is 8.43. The molecule has 1 aliphatic rings. The van der Waals surface area contributed by atoms with E-state index < -0.39 is 23.8 Å². The predicted octanol–water partition coefficient (Wildman–Crippen LogP) is 4.17. The Balaban J connectivity index is 1.42. The van der Waals surface area contributed by atoms with Gasteiger partial charge in [0, 0.05) is 10.4 Å². The van der Waals surface area contributed by atoms with E-state index in [0.29, 0.717) is 21.0 Å². The summed E-state index contributed by atoms with van der Waals surface area (Å²) in [7, 11) is 0. The van der Waals surface area contributed by atoms with Crippen LogP contribution in [0.3, 0.4) is 0 Å². The Kier molecular flexibility index (Phi) is 8.24. The molecule has 0 fully saturated rings. The van der Waals surface area contributed by atoms with Gasteiger partial charge in [0.1, 0.15) is 15.6 Å². The van der Waals surface area contributed by atoms with Crippen LogP contribution in [0, 0.1) is 0 Å². The number of nitrogens with one attached hydrogen (secondary N) is 2. The highest BCUT2D eigenvalue weighted by Gasteiger charge is 2.28. The van der Waals surface area contributed by atoms with Gasteiger partial charge in [0.15, 0.2) is 0 Å². The van der Waals surface area contributed by atoms with Crippen molar-refractivity contribution in [2.45, 2.75) is 32.6 Å². The lowest BCUT2D eigenvalue weighted by Gasteiger charge is -2.12. The summed E-state index contributed by atoms with van der Waals surface area (Å²) in [5.41, 5.74) is 3.80. The number of hydrogen-bond donors (Lipinski definition) is 2. The highest BCUT2D eigenvalue weighted by molar-refractivity contribution is 7.17. The van der Waals surface area contributed by atoms with Crippen LogP contribution in [0.4, 0.5) is 5.00 Å². The van der Waals surface area contributed by atoms with E-state index in [4.69, 9.17) is 9.47 Å². The van der Waals surface area contributed by atoms with Crippen molar-refractivity contribution in [1.82, 2.24) is 5.43 Å². The first-order chi connectivity index (χ1) is 17.5. The Morgan fingerprint density at radius 1 is 1.03 bits per heavy atom. The van der Waals surface area contributed by atoms with Crippen molar-refractivity contribution in [1.29, 1.82) is 0 Å². The topological polar surface area (TPSA) is 123 Å². The largest absolute Gasteiger partial charge is 0.462 e. The number of nitrogens with zero attached hydrogens (tertiary/aromatic N) is 1. The fourth-order valence-electron chi connectivity index (χ4n) is 3.67. The summed E-state index contributed by atoms with van der Waals surface area (Å²) in [4.78, 5) is 51.2. The average Bonchev–Trinajstić information content (AvgIpc) is 3.53. The molecule has 2 amide bonds. The van der Waals surface area contributed by atoms with Gasteiger partial charge in [-0.2, -0.15) is 5.10 Å². The number of amides is 2. The van der Waals surface area contributed by atoms with E-state index in [2.05, 4.69) is 15.8 Å². The Hall–Kier alpha value is -3.83. The molecule has 3 aromatic rings. The van der Waals surface area contributed by atoms with Crippen molar-refractivity contribution in [3.8, 4) is 5.75 Å². The third-order valence-electron chi connectivity index (χ3n) is 5.30. The van der Waals surface area contributed by atoms with Gasteiger partial charge in [-0.1, -0.05) is 18.2 Å². The number of carbonyl (C=O) groups is 4. The smallest absolute Gasteiger partial charge is 0.353 e. The first kappa shape index (κ1) is 25.3. The van der Waals surface area contributed by atoms with Gasteiger partial charge in [0.2, 0.25) is 0 Å². The van der Waals surface area contributed by atoms with Crippen molar-refractivity contribution >= 4 is 57.6 Å². The van der Waals surface area contributed by atoms with Gasteiger partial charge in [-0.05, 0) is 61.7 Å². The van der Waals surface area contributed by atoms with Crippen LogP contribution in [0.25, 0.3) is 0 Å². The normalized spacial score (nSPS) is 12.6. The van der Waals surface area contributed by atoms with Crippen LogP contribution in [0.5, 0.6) is 5.75 Å². The first-order valence-electron chi connectivity index (χ1n) is 11.3. The van der Waals surface area contributed by atoms with Gasteiger partial charge in [-0.25, -0.2) is 15.0 Å². The second-order valence-electron chi connectivity index (χ2n) is 7.69. The molecule has 36 heavy (non-hydrogen) atoms. The molecule has 0 spiro atoms. The van der Waals surface area contributed by atoms with Crippen molar-refractivity contribution < 1.29 is 28.7 Å². The number of carbonyl (C=O) groups excluding carboxylic acids is 4. The number of hydrazone groups is 1. The van der Waals surface area contributed by atoms with E-state index in [1.807, 2.05) is 0 Å². The highest BCUT2D eigenvalue weighted by atomic mass is 32.1. The molecule has 11 heteroatoms. The Morgan fingerprint density at radius 2 is 1.83 bits per heavy atom. The van der Waals surface area contributed by atoms with E-state index >= 15 is 0 Å². The van der Waals surface area contributed by atoms with Crippen LogP contribution in [0.2, 0.25) is 0 Å². The average molecular weight is 526 g/mol. The zero-order chi connectivity index (χ0) is 25.5. The quantitative estimate of drug-likeness (QED) is 0.157. The number of para-hydroxylation sites is 1. The summed E-state index contributed by atoms with van der Waals surface area (Å²) in [5.74, 6) is -2.75. The van der Waals surface area contributed by atoms with Crippen LogP contribution in [0.15, 0.2) is 46.9 Å². The predicted molar refractivity (Wildman–Crippen MR) is 137 cm³/mol. The van der Waals surface area contributed by atoms with E-state index in [0.717, 1.165) is 36.1 Å². The van der Waals surface area contributed by atoms with E-state index in [9.17, 15) is 19.2 Å². The number of benzene rings is 1. The molecular weight excluding hydrogens is 502 g/mol. The lowest BCUT2D eigenvalue weighted by molar-refractivity contribution is -0.136. The second-order valence-corrected chi connectivity index (χ2v) is 9.75. The van der Waals surface area contributed by atoms with Crippen LogP contribution >= 0.6 is 22.7 Å². The molecule has 2 aromatic heterocycles. The minimum absolute atomic E-state index is 0.205. The molecule has 0 unspecified atom stereocenters. The maximum absolute atomic E-state index is 12.5. The molecule has 1 aromatic carbocycles. The lowest BCUT2D eigenvalue weighted by Crippen LogP contribution is -2.32. The maximum Gasteiger partial charge on any atom is 0.353 e. The fraction of sp³-hybridized carbons (Fsp3) is 0.240. The molecular formula is C25H23N3O6S2. The van der Waals surface area contributed by atoms with Gasteiger partial charge < -0.3 is 14.8 Å². The molecule has 9 nitrogen and oxygen atoms in total. The molecule has 0 radical (unpaired) electrons. The highest BCUT2D eigenvalue weighted by Crippen LogP contribution is 2.38. The summed E-state index contributed by atoms with van der Waals surface area (Å²) in [6.45, 7) is 1.91. The number of esters is 2. The maximum atomic E-state index is 12.5. The number of anilines is 1. The van der Waals surface area contributed by atoms with Crippen LogP contribution in [0.1, 0.15) is 55.8 Å². The van der Waals surface area contributed by atoms with Gasteiger partial charge in [0.25, 0.3) is 0 Å². The first-order valence-corrected chi connectivity index (χ1v) is 13.0. The zero-order valence-electron chi connectivity index (χ0n) is 19.4. The van der Waals surface area contributed by atoms with E-state index in [-0.39, 0.29) is 12.4 Å². The summed E-state index contributed by atoms with van der Waals surface area (Å²) < 4.78 is 10.6. The van der Waals surface area contributed by atoms with Crippen LogP contribution in [-0.2, 0) is 27.2 Å². The second kappa shape index (κ2) is 11.7. The molecule has 4 rings (SSSR count). The summed E-state index contributed by atoms with van der Waals surface area (Å²) in [6.07, 6.45) is 4.76. The van der Waals surface area contributed by atoms with Crippen molar-refractivity contribution in [3.05, 3.63) is 68.2 Å². The number of fused-ring (bicyclic) bond motifs is 1. The molecule has 0 saturated carbocycles. The van der Waals surface area contributed by atoms with Crippen molar-refractivity contribution in [3.63, 3.8) is 0 Å². The SMILES string of the molecule is CCOC(=O)c1c(NC(=O)C(=O)N/N=C/c2ccccc2OC(=O)c2cccs2)sc2c1CCCC2. The van der Waals surface area contributed by atoms with Crippen molar-refractivity contribution in [2.24, 2.45) is 5.10 Å². The summed E-state index contributed by atoms with van der Waals surface area (Å²) in [6, 6.07) is 10.1. The molecule has 0 bridgehead atoms. The molecule has 2 N–H and O–H groups in total. The van der Waals surface area contributed by atoms with Crippen LogP contribution in [-0.4, -0.2) is 36.6 Å². The van der Waals surface area contributed by atoms with Gasteiger partial charge in [-0.15, -0.1) is 22.7 Å². The minimum Gasteiger partial charge on any atom is -0.462 e. The molecule has 0 atom stereocenters. The Bertz CT molecular complexity index is 1310. The van der Waals surface area contributed by atoms with Gasteiger partial charge in [-0.3, -0.25) is 9.59 Å². The molecule has 0 saturated heterocycles. The number of aryl methyl sites for hydroxylation is 1. The minimum atomic E-state index is -1.01. The van der Waals surface area contributed by atoms with Crippen molar-refractivity contribution in [2.75, 3.05) is 11.9 Å². The standard InChI is InChI=1S/C25H23N3O6S2/c1-2-33-25(32)20-16-9-4-6-11-18(16)36-23(20)27-21(29)22(30)28-26-14-15-8-3-5-10-17(15)34-24(31)19-12-7-13-35-19/h3,5,7-8,10,12-14H,2,4,6,9,11H2,1H3,(H,27,29)(H,28,30)/b26-14+. The Labute approximate surface area is 215 Å². The molecule has 2 heterocycles. The van der Waals surface area contributed by atoms with Gasteiger partial charge >= 0.3 is 23.8 Å². The number of hydrogen-bond acceptors (Lipinski definition) is 9. The Morgan fingerprint density at radius 3 is 2.61 bits per heavy atom. The summed E-state index contributed by atoms with van der Waals surface area (Å²) >= 11 is 2.55. The number of ether oxygens (including phenoxy) is 2. The monoisotopic (exact) mass is 525 g/mol. The van der Waals surface area contributed by atoms with E-state index in [1.54, 1.807) is 48.7 Å². The lowest BCUT2D eigenvalue weighted by atomic mass is 9.95. The van der Waals surface area contributed by atoms with Gasteiger partial charge in [0.05, 0.1) is 18.4 Å². The third-order valence-corrected chi connectivity index (χ3v) is 7.36. The molecule has 1 aliphatic carbocycles. The number of thiophene rings is 2. The fourth-order valence-corrected chi connectivity index (χ4v) is 5.54.